The van der Waals surface area contributed by atoms with Gasteiger partial charge in [-0.15, -0.1) is 0 Å². The van der Waals surface area contributed by atoms with Gasteiger partial charge in [-0.1, -0.05) is 0 Å². The second-order valence-corrected chi connectivity index (χ2v) is 3.67. The highest BCUT2D eigenvalue weighted by molar-refractivity contribution is 5.86. The van der Waals surface area contributed by atoms with E-state index in [1.165, 1.54) is 31.1 Å². The van der Waals surface area contributed by atoms with E-state index in [-0.39, 0.29) is 5.82 Å². The SMILES string of the molecule is CN(C)c1nc(C(F)(F)F)ccc1/C=C/C(=O)O. The number of carbonyl (C=O) groups is 1. The molecule has 0 spiro atoms. The van der Waals surface area contributed by atoms with Gasteiger partial charge in [0.2, 0.25) is 0 Å². The lowest BCUT2D eigenvalue weighted by Gasteiger charge is -2.16. The van der Waals surface area contributed by atoms with Crippen molar-refractivity contribution < 1.29 is 23.1 Å². The van der Waals surface area contributed by atoms with Crippen molar-refractivity contribution >= 4 is 17.9 Å². The molecule has 0 bridgehead atoms. The standard InChI is InChI=1S/C11H11F3N2O2/c1-16(2)10-7(4-6-9(17)18)3-5-8(15-10)11(12,13)14/h3-6H,1-2H3,(H,17,18)/b6-4+. The van der Waals surface area contributed by atoms with Crippen molar-refractivity contribution in [2.24, 2.45) is 0 Å². The number of aromatic nitrogens is 1. The predicted molar refractivity (Wildman–Crippen MR) is 60.2 cm³/mol. The van der Waals surface area contributed by atoms with E-state index in [2.05, 4.69) is 4.98 Å². The molecule has 0 radical (unpaired) electrons. The van der Waals surface area contributed by atoms with E-state index in [0.29, 0.717) is 5.56 Å². The number of nitrogens with zero attached hydrogens (tertiary/aromatic N) is 2. The fourth-order valence-electron chi connectivity index (χ4n) is 1.27. The highest BCUT2D eigenvalue weighted by Gasteiger charge is 2.33. The van der Waals surface area contributed by atoms with E-state index in [4.69, 9.17) is 5.11 Å². The summed E-state index contributed by atoms with van der Waals surface area (Å²) in [6, 6.07) is 2.00. The smallest absolute Gasteiger partial charge is 0.433 e. The lowest BCUT2D eigenvalue weighted by atomic mass is 10.2. The van der Waals surface area contributed by atoms with Gasteiger partial charge in [0.1, 0.15) is 11.5 Å². The molecule has 0 aliphatic carbocycles. The first kappa shape index (κ1) is 14.0. The molecule has 0 aromatic carbocycles. The molecule has 1 aromatic rings. The molecule has 0 atom stereocenters. The Labute approximate surface area is 101 Å². The Balaban J connectivity index is 3.25. The second kappa shape index (κ2) is 5.07. The van der Waals surface area contributed by atoms with Gasteiger partial charge in [0.05, 0.1) is 0 Å². The van der Waals surface area contributed by atoms with Crippen LogP contribution in [0.1, 0.15) is 11.3 Å². The van der Waals surface area contributed by atoms with Crippen LogP contribution >= 0.6 is 0 Å². The van der Waals surface area contributed by atoms with Gasteiger partial charge in [-0.2, -0.15) is 13.2 Å². The van der Waals surface area contributed by atoms with Gasteiger partial charge in [0, 0.05) is 25.7 Å². The highest BCUT2D eigenvalue weighted by Crippen LogP contribution is 2.30. The van der Waals surface area contributed by atoms with Crippen LogP contribution in [-0.2, 0) is 11.0 Å². The Morgan fingerprint density at radius 3 is 2.44 bits per heavy atom. The van der Waals surface area contributed by atoms with Crippen LogP contribution in [0.4, 0.5) is 19.0 Å². The number of carboxylic acid groups (broad SMARTS) is 1. The van der Waals surface area contributed by atoms with Crippen LogP contribution in [0, 0.1) is 0 Å². The molecule has 4 nitrogen and oxygen atoms in total. The molecule has 98 valence electrons. The Bertz CT molecular complexity index is 482. The fourth-order valence-corrected chi connectivity index (χ4v) is 1.27. The first-order chi connectivity index (χ1) is 8.21. The molecule has 1 rings (SSSR count). The largest absolute Gasteiger partial charge is 0.478 e. The third kappa shape index (κ3) is 3.47. The highest BCUT2D eigenvalue weighted by atomic mass is 19.4. The summed E-state index contributed by atoms with van der Waals surface area (Å²) in [5, 5.41) is 8.49. The normalized spacial score (nSPS) is 11.8. The lowest BCUT2D eigenvalue weighted by molar-refractivity contribution is -0.141. The first-order valence-electron chi connectivity index (χ1n) is 4.88. The molecular formula is C11H11F3N2O2. The molecule has 0 amide bonds. The summed E-state index contributed by atoms with van der Waals surface area (Å²) in [4.78, 5) is 15.2. The summed E-state index contributed by atoms with van der Waals surface area (Å²) in [6.45, 7) is 0. The number of pyridine rings is 1. The van der Waals surface area contributed by atoms with E-state index in [9.17, 15) is 18.0 Å². The van der Waals surface area contributed by atoms with E-state index >= 15 is 0 Å². The zero-order chi connectivity index (χ0) is 13.9. The van der Waals surface area contributed by atoms with Gasteiger partial charge in [-0.05, 0) is 18.2 Å². The third-order valence-corrected chi connectivity index (χ3v) is 2.02. The Morgan fingerprint density at radius 2 is 2.00 bits per heavy atom. The number of hydrogen-bond donors (Lipinski definition) is 1. The molecule has 0 saturated heterocycles. The van der Waals surface area contributed by atoms with E-state index in [1.807, 2.05) is 0 Å². The monoisotopic (exact) mass is 260 g/mol. The number of rotatable bonds is 3. The van der Waals surface area contributed by atoms with Crippen LogP contribution in [0.15, 0.2) is 18.2 Å². The van der Waals surface area contributed by atoms with Crippen LogP contribution < -0.4 is 4.90 Å². The number of carboxylic acids is 1. The number of alkyl halides is 3. The van der Waals surface area contributed by atoms with Crippen LogP contribution in [0.2, 0.25) is 0 Å². The van der Waals surface area contributed by atoms with Crippen molar-refractivity contribution in [1.29, 1.82) is 0 Å². The number of aliphatic carboxylic acids is 1. The maximum atomic E-state index is 12.5. The van der Waals surface area contributed by atoms with E-state index in [1.54, 1.807) is 0 Å². The quantitative estimate of drug-likeness (QED) is 0.847. The summed E-state index contributed by atoms with van der Waals surface area (Å²) < 4.78 is 37.5. The van der Waals surface area contributed by atoms with E-state index in [0.717, 1.165) is 12.1 Å². The van der Waals surface area contributed by atoms with Crippen molar-refractivity contribution in [3.63, 3.8) is 0 Å². The second-order valence-electron chi connectivity index (χ2n) is 3.67. The van der Waals surface area contributed by atoms with Gasteiger partial charge in [-0.25, -0.2) is 9.78 Å². The molecule has 1 N–H and O–H groups in total. The van der Waals surface area contributed by atoms with Crippen LogP contribution in [0.25, 0.3) is 6.08 Å². The minimum Gasteiger partial charge on any atom is -0.478 e. The Kier molecular flexibility index (Phi) is 3.95. The van der Waals surface area contributed by atoms with Crippen molar-refractivity contribution in [1.82, 2.24) is 4.98 Å². The summed E-state index contributed by atoms with van der Waals surface area (Å²) in [5.74, 6) is -1.12. The first-order valence-corrected chi connectivity index (χ1v) is 4.88. The predicted octanol–water partition coefficient (Wildman–Crippen LogP) is 2.26. The molecule has 0 saturated carbocycles. The molecule has 1 heterocycles. The van der Waals surface area contributed by atoms with Crippen molar-refractivity contribution in [2.75, 3.05) is 19.0 Å². The molecular weight excluding hydrogens is 249 g/mol. The maximum Gasteiger partial charge on any atom is 0.433 e. The van der Waals surface area contributed by atoms with Gasteiger partial charge in [0.15, 0.2) is 0 Å². The minimum absolute atomic E-state index is 0.0577. The van der Waals surface area contributed by atoms with Crippen LogP contribution in [-0.4, -0.2) is 30.2 Å². The summed E-state index contributed by atoms with van der Waals surface area (Å²) in [5.41, 5.74) is -0.714. The van der Waals surface area contributed by atoms with Gasteiger partial charge in [0.25, 0.3) is 0 Å². The minimum atomic E-state index is -4.53. The third-order valence-electron chi connectivity index (χ3n) is 2.02. The maximum absolute atomic E-state index is 12.5. The van der Waals surface area contributed by atoms with Crippen LogP contribution in [0.3, 0.4) is 0 Å². The zero-order valence-corrected chi connectivity index (χ0v) is 9.69. The van der Waals surface area contributed by atoms with Crippen LogP contribution in [0.5, 0.6) is 0 Å². The zero-order valence-electron chi connectivity index (χ0n) is 9.69. The number of halogens is 3. The summed E-state index contributed by atoms with van der Waals surface area (Å²) in [7, 11) is 3.06. The molecule has 0 unspecified atom stereocenters. The lowest BCUT2D eigenvalue weighted by Crippen LogP contribution is -2.16. The fraction of sp³-hybridized carbons (Fsp3) is 0.273. The van der Waals surface area contributed by atoms with Crippen molar-refractivity contribution in [3.05, 3.63) is 29.5 Å². The summed E-state index contributed by atoms with van der Waals surface area (Å²) in [6.07, 6.45) is -2.48. The van der Waals surface area contributed by atoms with Gasteiger partial charge < -0.3 is 10.0 Å². The summed E-state index contributed by atoms with van der Waals surface area (Å²) >= 11 is 0. The van der Waals surface area contributed by atoms with Gasteiger partial charge in [-0.3, -0.25) is 0 Å². The average molecular weight is 260 g/mol. The van der Waals surface area contributed by atoms with Gasteiger partial charge >= 0.3 is 12.1 Å². The average Bonchev–Trinajstić information content (AvgIpc) is 2.24. The number of hydrogen-bond acceptors (Lipinski definition) is 3. The molecule has 1 aromatic heterocycles. The molecule has 0 aliphatic heterocycles. The molecule has 0 aliphatic rings. The van der Waals surface area contributed by atoms with E-state index < -0.39 is 17.8 Å². The molecule has 18 heavy (non-hydrogen) atoms. The molecule has 7 heteroatoms. The van der Waals surface area contributed by atoms with Crippen molar-refractivity contribution in [2.45, 2.75) is 6.18 Å². The number of anilines is 1. The topological polar surface area (TPSA) is 53.4 Å². The van der Waals surface area contributed by atoms with Crippen molar-refractivity contribution in [3.8, 4) is 0 Å². The molecule has 0 fully saturated rings. The Morgan fingerprint density at radius 1 is 1.39 bits per heavy atom. The Hall–Kier alpha value is -2.05.